The highest BCUT2D eigenvalue weighted by atomic mass is 32.2. The highest BCUT2D eigenvalue weighted by Gasteiger charge is 2.13. The summed E-state index contributed by atoms with van der Waals surface area (Å²) in [5.41, 5.74) is 3.64. The molecule has 8 heteroatoms. The molecule has 4 aromatic rings. The number of ether oxygens (including phenoxy) is 2. The minimum atomic E-state index is -0.0600. The van der Waals surface area contributed by atoms with Gasteiger partial charge in [-0.3, -0.25) is 4.79 Å². The van der Waals surface area contributed by atoms with Crippen LogP contribution in [0.3, 0.4) is 0 Å². The molecule has 7 nitrogen and oxygen atoms in total. The molecule has 0 bridgehead atoms. The zero-order valence-corrected chi connectivity index (χ0v) is 16.8. The summed E-state index contributed by atoms with van der Waals surface area (Å²) in [5.74, 6) is 1.67. The van der Waals surface area contributed by atoms with E-state index in [4.69, 9.17) is 9.47 Å². The van der Waals surface area contributed by atoms with Crippen molar-refractivity contribution in [3.63, 3.8) is 0 Å². The second-order valence-corrected chi connectivity index (χ2v) is 7.72. The van der Waals surface area contributed by atoms with Crippen LogP contribution in [-0.4, -0.2) is 33.1 Å². The number of benzene rings is 2. The van der Waals surface area contributed by atoms with E-state index in [2.05, 4.69) is 15.4 Å². The molecule has 0 radical (unpaired) electrons. The van der Waals surface area contributed by atoms with Gasteiger partial charge in [-0.15, -0.1) is 0 Å². The Balaban J connectivity index is 1.19. The van der Waals surface area contributed by atoms with Crippen LogP contribution < -0.4 is 14.8 Å². The van der Waals surface area contributed by atoms with Gasteiger partial charge in [-0.05, 0) is 29.8 Å². The van der Waals surface area contributed by atoms with Crippen LogP contribution in [0.5, 0.6) is 11.5 Å². The molecular weight excluding hydrogens is 400 g/mol. The maximum Gasteiger partial charge on any atom is 0.231 e. The topological polar surface area (TPSA) is 77.8 Å². The minimum absolute atomic E-state index is 0.0600. The number of nitrogens with one attached hydrogen (secondary N) is 1. The zero-order valence-electron chi connectivity index (χ0n) is 15.9. The summed E-state index contributed by atoms with van der Waals surface area (Å²) in [4.78, 5) is 16.8. The van der Waals surface area contributed by atoms with E-state index in [9.17, 15) is 4.79 Å². The van der Waals surface area contributed by atoms with Crippen LogP contribution in [0.25, 0.3) is 16.9 Å². The number of fused-ring (bicyclic) bond motifs is 2. The average Bonchev–Trinajstić information content (AvgIpc) is 3.43. The summed E-state index contributed by atoms with van der Waals surface area (Å²) < 4.78 is 12.4. The maximum atomic E-state index is 12.2. The number of thioether (sulfide) groups is 1. The second kappa shape index (κ2) is 8.08. The Morgan fingerprint density at radius 3 is 2.83 bits per heavy atom. The predicted octanol–water partition coefficient (Wildman–Crippen LogP) is 3.53. The quantitative estimate of drug-likeness (QED) is 0.483. The van der Waals surface area contributed by atoms with E-state index in [1.165, 1.54) is 11.8 Å². The molecule has 0 saturated heterocycles. The van der Waals surface area contributed by atoms with Gasteiger partial charge in [0.15, 0.2) is 17.1 Å². The molecular formula is C22H18N4O3S. The normalized spacial score (nSPS) is 12.3. The Bertz CT molecular complexity index is 1210. The van der Waals surface area contributed by atoms with Gasteiger partial charge in [-0.25, -0.2) is 9.50 Å². The number of carbonyl (C=O) groups excluding carboxylic acids is 1. The first-order valence-corrected chi connectivity index (χ1v) is 10.4. The fraction of sp³-hybridized carbons (Fsp3) is 0.136. The highest BCUT2D eigenvalue weighted by molar-refractivity contribution is 7.99. The summed E-state index contributed by atoms with van der Waals surface area (Å²) >= 11 is 1.39. The highest BCUT2D eigenvalue weighted by Crippen LogP contribution is 2.32. The number of aromatic nitrogens is 3. The lowest BCUT2D eigenvalue weighted by Gasteiger charge is -2.06. The molecule has 1 amide bonds. The van der Waals surface area contributed by atoms with Crippen LogP contribution >= 0.6 is 11.8 Å². The molecule has 0 saturated carbocycles. The second-order valence-electron chi connectivity index (χ2n) is 6.72. The number of imidazole rings is 1. The Kier molecular flexibility index (Phi) is 4.98. The first-order valence-electron chi connectivity index (χ1n) is 9.44. The molecule has 0 atom stereocenters. The molecule has 3 heterocycles. The van der Waals surface area contributed by atoms with Gasteiger partial charge in [0.1, 0.15) is 5.03 Å². The number of carbonyl (C=O) groups is 1. The van der Waals surface area contributed by atoms with Crippen molar-refractivity contribution in [3.05, 3.63) is 72.4 Å². The summed E-state index contributed by atoms with van der Waals surface area (Å²) in [6, 6.07) is 19.4. The van der Waals surface area contributed by atoms with Crippen molar-refractivity contribution in [1.82, 2.24) is 19.9 Å². The van der Waals surface area contributed by atoms with Gasteiger partial charge < -0.3 is 14.8 Å². The van der Waals surface area contributed by atoms with Crippen molar-refractivity contribution in [2.24, 2.45) is 0 Å². The number of rotatable bonds is 6. The van der Waals surface area contributed by atoms with Gasteiger partial charge >= 0.3 is 0 Å². The molecule has 0 aliphatic carbocycles. The van der Waals surface area contributed by atoms with Gasteiger partial charge in [-0.2, -0.15) is 5.10 Å². The number of nitrogens with zero attached hydrogens (tertiary/aromatic N) is 3. The predicted molar refractivity (Wildman–Crippen MR) is 114 cm³/mol. The van der Waals surface area contributed by atoms with E-state index in [0.29, 0.717) is 12.3 Å². The van der Waals surface area contributed by atoms with Crippen molar-refractivity contribution >= 4 is 23.3 Å². The third-order valence-electron chi connectivity index (χ3n) is 4.64. The number of amides is 1. The third-order valence-corrected chi connectivity index (χ3v) is 5.56. The van der Waals surface area contributed by atoms with E-state index in [1.807, 2.05) is 66.9 Å². The van der Waals surface area contributed by atoms with Crippen molar-refractivity contribution in [3.8, 4) is 22.8 Å². The molecule has 1 aliphatic heterocycles. The van der Waals surface area contributed by atoms with Gasteiger partial charge in [-0.1, -0.05) is 48.2 Å². The maximum absolute atomic E-state index is 12.2. The largest absolute Gasteiger partial charge is 0.454 e. The average molecular weight is 418 g/mol. The number of hydrogen-bond donors (Lipinski definition) is 1. The van der Waals surface area contributed by atoms with E-state index in [-0.39, 0.29) is 18.5 Å². The molecule has 30 heavy (non-hydrogen) atoms. The summed E-state index contributed by atoms with van der Waals surface area (Å²) in [7, 11) is 0. The molecule has 150 valence electrons. The number of hydrogen-bond acceptors (Lipinski definition) is 6. The summed E-state index contributed by atoms with van der Waals surface area (Å²) in [6.45, 7) is 0.674. The smallest absolute Gasteiger partial charge is 0.231 e. The summed E-state index contributed by atoms with van der Waals surface area (Å²) in [6.07, 6.45) is 1.90. The Hall–Kier alpha value is -3.52. The molecule has 0 spiro atoms. The van der Waals surface area contributed by atoms with Crippen molar-refractivity contribution < 1.29 is 14.3 Å². The van der Waals surface area contributed by atoms with E-state index in [1.54, 1.807) is 4.52 Å². The lowest BCUT2D eigenvalue weighted by Crippen LogP contribution is -2.24. The summed E-state index contributed by atoms with van der Waals surface area (Å²) in [5, 5.41) is 8.24. The standard InChI is InChI=1S/C22H18N4O3S/c27-21(23-11-15-6-7-18-19(10-15)29-14-28-18)13-30-22-9-8-20-24-17(12-26(20)25-22)16-4-2-1-3-5-16/h1-10,12H,11,13-14H2,(H,23,27). The first-order chi connectivity index (χ1) is 14.7. The van der Waals surface area contributed by atoms with Gasteiger partial charge in [0.25, 0.3) is 0 Å². The lowest BCUT2D eigenvalue weighted by atomic mass is 10.2. The molecule has 1 N–H and O–H groups in total. The SMILES string of the molecule is O=C(CSc1ccc2nc(-c3ccccc3)cn2n1)NCc1ccc2c(c1)OCO2. The molecule has 0 unspecified atom stereocenters. The first kappa shape index (κ1) is 18.5. The van der Waals surface area contributed by atoms with E-state index in [0.717, 1.165) is 33.2 Å². The molecule has 2 aromatic heterocycles. The molecule has 0 fully saturated rings. The lowest BCUT2D eigenvalue weighted by molar-refractivity contribution is -0.118. The fourth-order valence-corrected chi connectivity index (χ4v) is 3.82. The van der Waals surface area contributed by atoms with E-state index >= 15 is 0 Å². The zero-order chi connectivity index (χ0) is 20.3. The minimum Gasteiger partial charge on any atom is -0.454 e. The van der Waals surface area contributed by atoms with Crippen LogP contribution in [0, 0.1) is 0 Å². The molecule has 2 aromatic carbocycles. The van der Waals surface area contributed by atoms with E-state index < -0.39 is 0 Å². The molecule has 1 aliphatic rings. The third kappa shape index (κ3) is 3.95. The van der Waals surface area contributed by atoms with Crippen LogP contribution in [0.15, 0.2) is 71.9 Å². The van der Waals surface area contributed by atoms with Crippen LogP contribution in [-0.2, 0) is 11.3 Å². The van der Waals surface area contributed by atoms with Crippen molar-refractivity contribution in [1.29, 1.82) is 0 Å². The van der Waals surface area contributed by atoms with Gasteiger partial charge in [0, 0.05) is 12.1 Å². The van der Waals surface area contributed by atoms with Crippen LogP contribution in [0.2, 0.25) is 0 Å². The van der Waals surface area contributed by atoms with Crippen molar-refractivity contribution in [2.75, 3.05) is 12.5 Å². The van der Waals surface area contributed by atoms with Gasteiger partial charge in [0.05, 0.1) is 17.6 Å². The Morgan fingerprint density at radius 1 is 1.07 bits per heavy atom. The van der Waals surface area contributed by atoms with Crippen LogP contribution in [0.1, 0.15) is 5.56 Å². The van der Waals surface area contributed by atoms with Gasteiger partial charge in [0.2, 0.25) is 12.7 Å². The fourth-order valence-electron chi connectivity index (χ4n) is 3.13. The van der Waals surface area contributed by atoms with Crippen molar-refractivity contribution in [2.45, 2.75) is 11.6 Å². The van der Waals surface area contributed by atoms with Crippen LogP contribution in [0.4, 0.5) is 0 Å². The molecule has 5 rings (SSSR count). The Labute approximate surface area is 177 Å². The monoisotopic (exact) mass is 418 g/mol. The Morgan fingerprint density at radius 2 is 1.93 bits per heavy atom.